The fraction of sp³-hybridized carbons (Fsp3) is 0.429. The molecule has 1 amide bonds. The summed E-state index contributed by atoms with van der Waals surface area (Å²) in [5, 5.41) is 3.73. The summed E-state index contributed by atoms with van der Waals surface area (Å²) in [5.74, 6) is -0.738. The van der Waals surface area contributed by atoms with Gasteiger partial charge in [0, 0.05) is 29.5 Å². The lowest BCUT2D eigenvalue weighted by atomic mass is 10.0. The second-order valence-electron chi connectivity index (χ2n) is 7.57. The van der Waals surface area contributed by atoms with Crippen LogP contribution in [0.2, 0.25) is 0 Å². The predicted octanol–water partition coefficient (Wildman–Crippen LogP) is 1.62. The van der Waals surface area contributed by atoms with E-state index in [0.717, 1.165) is 22.1 Å². The van der Waals surface area contributed by atoms with Crippen molar-refractivity contribution in [3.63, 3.8) is 0 Å². The highest BCUT2D eigenvalue weighted by molar-refractivity contribution is 5.82. The molecule has 0 bridgehead atoms. The number of rotatable bonds is 7. The van der Waals surface area contributed by atoms with Gasteiger partial charge in [-0.3, -0.25) is 19.2 Å². The van der Waals surface area contributed by atoms with E-state index in [4.69, 9.17) is 19.7 Å². The molecule has 4 unspecified atom stereocenters. The number of aryl methyl sites for hydroxylation is 1. The van der Waals surface area contributed by atoms with Crippen LogP contribution in [-0.4, -0.2) is 59.0 Å². The van der Waals surface area contributed by atoms with E-state index < -0.39 is 47.9 Å². The van der Waals surface area contributed by atoms with E-state index in [0.29, 0.717) is 0 Å². The number of carbonyl (C=O) groups excluding carboxylic acids is 2. The zero-order valence-electron chi connectivity index (χ0n) is 18.8. The molecule has 4 atom stereocenters. The Labute approximate surface area is 193 Å². The van der Waals surface area contributed by atoms with E-state index in [1.807, 2.05) is 0 Å². The van der Waals surface area contributed by atoms with Crippen LogP contribution in [0.4, 0.5) is 4.79 Å². The van der Waals surface area contributed by atoms with Crippen LogP contribution in [0, 0.1) is 6.92 Å². The second kappa shape index (κ2) is 10.7. The Kier molecular flexibility index (Phi) is 7.71. The number of aromatic nitrogens is 2. The van der Waals surface area contributed by atoms with E-state index in [-0.39, 0.29) is 18.4 Å². The molecule has 0 aliphatic carbocycles. The Bertz CT molecular complexity index is 1200. The molecule has 1 saturated heterocycles. The molecule has 2 aromatic rings. The van der Waals surface area contributed by atoms with Gasteiger partial charge in [0.1, 0.15) is 18.5 Å². The number of benzene rings is 1. The summed E-state index contributed by atoms with van der Waals surface area (Å²) in [4.78, 5) is 55.8. The number of methoxy groups -OCH3 is 2. The maximum atomic E-state index is 12.9. The Hall–Kier alpha value is -4.09. The molecule has 1 aliphatic rings. The van der Waals surface area contributed by atoms with Crippen molar-refractivity contribution in [2.45, 2.75) is 44.3 Å². The lowest BCUT2D eigenvalue weighted by molar-refractivity contribution is -0.154. The minimum atomic E-state index is -1.26. The standard InChI is InChI=1S/C21H24N6O7/c1-12-11-26(20(30)23-17(12)28)16-10-14(24-25-22)18(34-16)27(21(31)33-3)15(19(29)32-2)9-13-7-5-4-6-8-13/h4-8,11,14-16,18H,9-10H2,1-3H3,(H,23,28,30). The quantitative estimate of drug-likeness (QED) is 0.276. The van der Waals surface area contributed by atoms with Gasteiger partial charge >= 0.3 is 17.8 Å². The van der Waals surface area contributed by atoms with Crippen molar-refractivity contribution in [2.24, 2.45) is 5.11 Å². The first-order valence-electron chi connectivity index (χ1n) is 10.3. The zero-order chi connectivity index (χ0) is 24.8. The molecule has 1 aromatic heterocycles. The number of nitrogens with zero attached hydrogens (tertiary/aromatic N) is 5. The van der Waals surface area contributed by atoms with E-state index in [1.165, 1.54) is 20.2 Å². The Balaban J connectivity index is 2.05. The number of carbonyl (C=O) groups is 2. The third-order valence-corrected chi connectivity index (χ3v) is 5.47. The molecule has 1 fully saturated rings. The molecule has 3 rings (SSSR count). The number of ether oxygens (including phenoxy) is 3. The van der Waals surface area contributed by atoms with Crippen molar-refractivity contribution in [1.82, 2.24) is 14.5 Å². The van der Waals surface area contributed by atoms with Crippen LogP contribution in [0.3, 0.4) is 0 Å². The maximum absolute atomic E-state index is 12.9. The molecule has 1 aromatic carbocycles. The largest absolute Gasteiger partial charge is 0.467 e. The molecule has 13 nitrogen and oxygen atoms in total. The number of azide groups is 1. The van der Waals surface area contributed by atoms with Crippen LogP contribution in [-0.2, 0) is 25.4 Å². The molecule has 34 heavy (non-hydrogen) atoms. The van der Waals surface area contributed by atoms with Crippen molar-refractivity contribution in [2.75, 3.05) is 14.2 Å². The van der Waals surface area contributed by atoms with Gasteiger partial charge in [0.25, 0.3) is 5.56 Å². The van der Waals surface area contributed by atoms with Gasteiger partial charge in [0.2, 0.25) is 0 Å². The lowest BCUT2D eigenvalue weighted by Crippen LogP contribution is -2.55. The van der Waals surface area contributed by atoms with Crippen LogP contribution >= 0.6 is 0 Å². The summed E-state index contributed by atoms with van der Waals surface area (Å²) < 4.78 is 17.0. The first-order chi connectivity index (χ1) is 16.3. The molecule has 1 aliphatic heterocycles. The summed E-state index contributed by atoms with van der Waals surface area (Å²) in [7, 11) is 2.32. The monoisotopic (exact) mass is 472 g/mol. The maximum Gasteiger partial charge on any atom is 0.412 e. The summed E-state index contributed by atoms with van der Waals surface area (Å²) >= 11 is 0. The first-order valence-corrected chi connectivity index (χ1v) is 10.3. The molecular weight excluding hydrogens is 448 g/mol. The Morgan fingerprint density at radius 3 is 2.62 bits per heavy atom. The van der Waals surface area contributed by atoms with Gasteiger partial charge < -0.3 is 14.2 Å². The van der Waals surface area contributed by atoms with Gasteiger partial charge in [-0.25, -0.2) is 14.4 Å². The lowest BCUT2D eigenvalue weighted by Gasteiger charge is -2.34. The zero-order valence-corrected chi connectivity index (χ0v) is 18.8. The Morgan fingerprint density at radius 1 is 1.29 bits per heavy atom. The predicted molar refractivity (Wildman–Crippen MR) is 118 cm³/mol. The van der Waals surface area contributed by atoms with E-state index in [1.54, 1.807) is 30.3 Å². The van der Waals surface area contributed by atoms with E-state index >= 15 is 0 Å². The number of aromatic amines is 1. The molecule has 2 heterocycles. The number of esters is 1. The summed E-state index contributed by atoms with van der Waals surface area (Å²) in [6, 6.07) is 6.75. The van der Waals surface area contributed by atoms with Crippen molar-refractivity contribution in [1.29, 1.82) is 0 Å². The second-order valence-corrected chi connectivity index (χ2v) is 7.57. The summed E-state index contributed by atoms with van der Waals surface area (Å²) in [6.07, 6.45) is -1.81. The molecule has 180 valence electrons. The molecule has 0 saturated carbocycles. The van der Waals surface area contributed by atoms with Gasteiger partial charge in [-0.15, -0.1) is 0 Å². The highest BCUT2D eigenvalue weighted by Crippen LogP contribution is 2.34. The van der Waals surface area contributed by atoms with Gasteiger partial charge in [0.05, 0.1) is 20.3 Å². The molecule has 13 heteroatoms. The summed E-state index contributed by atoms with van der Waals surface area (Å²) in [6.45, 7) is 1.51. The normalized spacial score (nSPS) is 20.1. The number of H-pyrrole nitrogens is 1. The highest BCUT2D eigenvalue weighted by Gasteiger charge is 2.47. The fourth-order valence-electron chi connectivity index (χ4n) is 3.81. The third-order valence-electron chi connectivity index (χ3n) is 5.47. The van der Waals surface area contributed by atoms with E-state index in [2.05, 4.69) is 15.0 Å². The minimum absolute atomic E-state index is 0.00710. The number of hydrogen-bond acceptors (Lipinski definition) is 8. The van der Waals surface area contributed by atoms with Crippen molar-refractivity contribution < 1.29 is 23.8 Å². The van der Waals surface area contributed by atoms with Gasteiger partial charge in [-0.05, 0) is 18.0 Å². The van der Waals surface area contributed by atoms with Crippen LogP contribution < -0.4 is 11.2 Å². The van der Waals surface area contributed by atoms with Crippen LogP contribution in [0.5, 0.6) is 0 Å². The highest BCUT2D eigenvalue weighted by atomic mass is 16.6. The third kappa shape index (κ3) is 5.11. The molecule has 1 N–H and O–H groups in total. The van der Waals surface area contributed by atoms with E-state index in [9.17, 15) is 19.2 Å². The number of amides is 1. The summed E-state index contributed by atoms with van der Waals surface area (Å²) in [5.41, 5.74) is 8.81. The Morgan fingerprint density at radius 2 is 2.00 bits per heavy atom. The van der Waals surface area contributed by atoms with Crippen molar-refractivity contribution in [3.05, 3.63) is 78.9 Å². The smallest absolute Gasteiger partial charge is 0.412 e. The molecule has 0 radical (unpaired) electrons. The average molecular weight is 472 g/mol. The molecule has 0 spiro atoms. The van der Waals surface area contributed by atoms with Crippen LogP contribution in [0.15, 0.2) is 51.2 Å². The van der Waals surface area contributed by atoms with Gasteiger partial charge in [-0.2, -0.15) is 0 Å². The number of hydrogen-bond donors (Lipinski definition) is 1. The van der Waals surface area contributed by atoms with Crippen LogP contribution in [0.1, 0.15) is 23.8 Å². The van der Waals surface area contributed by atoms with Gasteiger partial charge in [0.15, 0.2) is 0 Å². The SMILES string of the molecule is COC(=O)C(Cc1ccccc1)N(C(=O)OC)C1OC(n2cc(C)c(=O)[nH]c2=O)CC1N=[N+]=[N-]. The van der Waals surface area contributed by atoms with Crippen molar-refractivity contribution >= 4 is 12.1 Å². The van der Waals surface area contributed by atoms with Crippen LogP contribution in [0.25, 0.3) is 10.4 Å². The number of nitrogens with one attached hydrogen (secondary N) is 1. The first kappa shape index (κ1) is 24.6. The topological polar surface area (TPSA) is 169 Å². The minimum Gasteiger partial charge on any atom is -0.467 e. The van der Waals surface area contributed by atoms with Crippen molar-refractivity contribution in [3.8, 4) is 0 Å². The molecular formula is C21H24N6O7. The van der Waals surface area contributed by atoms with Gasteiger partial charge in [-0.1, -0.05) is 35.4 Å². The fourth-order valence-corrected chi connectivity index (χ4v) is 3.81. The average Bonchev–Trinajstić information content (AvgIpc) is 3.24.